The second kappa shape index (κ2) is 7.01. The van der Waals surface area contributed by atoms with Crippen LogP contribution in [0.15, 0.2) is 34.9 Å². The number of rotatable bonds is 5. The van der Waals surface area contributed by atoms with Gasteiger partial charge in [-0.1, -0.05) is 23.4 Å². The van der Waals surface area contributed by atoms with Gasteiger partial charge in [0.2, 0.25) is 5.82 Å². The van der Waals surface area contributed by atoms with Gasteiger partial charge in [0, 0.05) is 23.8 Å². The van der Waals surface area contributed by atoms with Crippen molar-refractivity contribution in [1.82, 2.24) is 19.9 Å². The van der Waals surface area contributed by atoms with Crippen LogP contribution in [0, 0.1) is 19.8 Å². The molecule has 2 aromatic heterocycles. The van der Waals surface area contributed by atoms with E-state index in [9.17, 15) is 0 Å². The average Bonchev–Trinajstić information content (AvgIpc) is 3.35. The van der Waals surface area contributed by atoms with Gasteiger partial charge < -0.3 is 15.0 Å². The van der Waals surface area contributed by atoms with Gasteiger partial charge >= 0.3 is 0 Å². The van der Waals surface area contributed by atoms with Crippen LogP contribution in [0.4, 0.5) is 0 Å². The molecule has 3 aromatic rings. The van der Waals surface area contributed by atoms with Crippen molar-refractivity contribution in [3.63, 3.8) is 0 Å². The monoisotopic (exact) mass is 353 g/mol. The van der Waals surface area contributed by atoms with Gasteiger partial charge in [0.15, 0.2) is 0 Å². The highest BCUT2D eigenvalue weighted by Crippen LogP contribution is 2.33. The average molecular weight is 353 g/mol. The van der Waals surface area contributed by atoms with E-state index in [0.717, 1.165) is 28.9 Å². The lowest BCUT2D eigenvalue weighted by Gasteiger charge is -2.11. The molecular weight excluding hydrogens is 330 g/mol. The first-order valence-corrected chi connectivity index (χ1v) is 8.89. The summed E-state index contributed by atoms with van der Waals surface area (Å²) in [6.07, 6.45) is 0.732. The largest absolute Gasteiger partial charge is 0.368 e. The van der Waals surface area contributed by atoms with Gasteiger partial charge in [0.05, 0.1) is 12.2 Å². The van der Waals surface area contributed by atoms with E-state index in [1.165, 1.54) is 0 Å². The van der Waals surface area contributed by atoms with E-state index < -0.39 is 0 Å². The van der Waals surface area contributed by atoms with E-state index in [1.54, 1.807) is 0 Å². The van der Waals surface area contributed by atoms with Gasteiger partial charge in [0.25, 0.3) is 5.89 Å². The van der Waals surface area contributed by atoms with Crippen LogP contribution in [0.3, 0.4) is 0 Å². The summed E-state index contributed by atoms with van der Waals surface area (Å²) in [7, 11) is 0. The minimum Gasteiger partial charge on any atom is -0.368 e. The summed E-state index contributed by atoms with van der Waals surface area (Å²) in [6.45, 7) is 6.01. The third-order valence-corrected chi connectivity index (χ3v) is 4.82. The summed E-state index contributed by atoms with van der Waals surface area (Å²) in [6, 6.07) is 10.2. The molecule has 0 aliphatic carbocycles. The Bertz CT molecular complexity index is 901. The molecule has 1 saturated heterocycles. The standard InChI is InChI=1S/C19H23N5O2/c1-12-8-13(2)24(22-12)11-14-4-3-5-15(9-14)18-21-19(26-23-18)17-16(10-20)6-7-25-17/h3-5,8-9,16-17H,6-7,10-11,20H2,1-2H3/t16-,17-/m0/s1. The van der Waals surface area contributed by atoms with Crippen LogP contribution in [0.1, 0.15) is 35.4 Å². The Kier molecular flexibility index (Phi) is 4.57. The third kappa shape index (κ3) is 3.27. The first-order chi connectivity index (χ1) is 12.6. The number of aryl methyl sites for hydroxylation is 2. The highest BCUT2D eigenvalue weighted by molar-refractivity contribution is 5.55. The van der Waals surface area contributed by atoms with Gasteiger partial charge in [-0.25, -0.2) is 0 Å². The van der Waals surface area contributed by atoms with E-state index in [-0.39, 0.29) is 12.0 Å². The Morgan fingerprint density at radius 2 is 2.15 bits per heavy atom. The van der Waals surface area contributed by atoms with Crippen LogP contribution in [-0.2, 0) is 11.3 Å². The summed E-state index contributed by atoms with van der Waals surface area (Å²) in [5, 5.41) is 8.66. The lowest BCUT2D eigenvalue weighted by Crippen LogP contribution is -2.18. The Balaban J connectivity index is 1.56. The number of nitrogens with two attached hydrogens (primary N) is 1. The molecule has 4 rings (SSSR count). The highest BCUT2D eigenvalue weighted by atomic mass is 16.5. The molecule has 0 unspecified atom stereocenters. The SMILES string of the molecule is Cc1cc(C)n(Cc2cccc(-c3noc([C@H]4OCC[C@H]4CN)n3)c2)n1. The molecule has 1 aliphatic rings. The summed E-state index contributed by atoms with van der Waals surface area (Å²) >= 11 is 0. The number of nitrogens with zero attached hydrogens (tertiary/aromatic N) is 4. The van der Waals surface area contributed by atoms with E-state index in [4.69, 9.17) is 15.0 Å². The Morgan fingerprint density at radius 1 is 1.27 bits per heavy atom. The lowest BCUT2D eigenvalue weighted by atomic mass is 10.0. The van der Waals surface area contributed by atoms with E-state index >= 15 is 0 Å². The quantitative estimate of drug-likeness (QED) is 0.758. The third-order valence-electron chi connectivity index (χ3n) is 4.82. The van der Waals surface area contributed by atoms with E-state index in [0.29, 0.717) is 31.4 Å². The molecule has 1 aliphatic heterocycles. The normalized spacial score (nSPS) is 20.0. The molecule has 2 atom stereocenters. The van der Waals surface area contributed by atoms with Crippen LogP contribution in [-0.4, -0.2) is 33.1 Å². The Labute approximate surface area is 152 Å². The molecule has 0 spiro atoms. The molecule has 3 heterocycles. The van der Waals surface area contributed by atoms with Gasteiger partial charge in [-0.2, -0.15) is 10.1 Å². The fraction of sp³-hybridized carbons (Fsp3) is 0.421. The number of aromatic nitrogens is 4. The van der Waals surface area contributed by atoms with Crippen LogP contribution in [0.25, 0.3) is 11.4 Å². The number of hydrogen-bond acceptors (Lipinski definition) is 6. The van der Waals surface area contributed by atoms with Crippen LogP contribution >= 0.6 is 0 Å². The maximum Gasteiger partial charge on any atom is 0.256 e. The molecule has 0 radical (unpaired) electrons. The molecule has 0 saturated carbocycles. The predicted octanol–water partition coefficient (Wildman–Crippen LogP) is 2.63. The van der Waals surface area contributed by atoms with Crippen LogP contribution in [0.2, 0.25) is 0 Å². The Hall–Kier alpha value is -2.51. The number of hydrogen-bond donors (Lipinski definition) is 1. The summed E-state index contributed by atoms with van der Waals surface area (Å²) in [5.41, 5.74) is 10.0. The molecule has 2 N–H and O–H groups in total. The molecule has 136 valence electrons. The minimum absolute atomic E-state index is 0.195. The zero-order valence-electron chi connectivity index (χ0n) is 15.1. The maximum absolute atomic E-state index is 5.81. The fourth-order valence-electron chi connectivity index (χ4n) is 3.43. The topological polar surface area (TPSA) is 92.0 Å². The van der Waals surface area contributed by atoms with Crippen LogP contribution < -0.4 is 5.73 Å². The first-order valence-electron chi connectivity index (χ1n) is 8.89. The van der Waals surface area contributed by atoms with Crippen LogP contribution in [0.5, 0.6) is 0 Å². The minimum atomic E-state index is -0.195. The van der Waals surface area contributed by atoms with Gasteiger partial charge in [-0.05, 0) is 44.5 Å². The van der Waals surface area contributed by atoms with Crippen molar-refractivity contribution >= 4 is 0 Å². The molecule has 1 aromatic carbocycles. The fourth-order valence-corrected chi connectivity index (χ4v) is 3.43. The van der Waals surface area contributed by atoms with Crippen molar-refractivity contribution in [2.75, 3.05) is 13.2 Å². The zero-order chi connectivity index (χ0) is 18.1. The summed E-state index contributed by atoms with van der Waals surface area (Å²) < 4.78 is 13.2. The molecule has 26 heavy (non-hydrogen) atoms. The lowest BCUT2D eigenvalue weighted by molar-refractivity contribution is 0.0642. The summed E-state index contributed by atoms with van der Waals surface area (Å²) in [5.74, 6) is 1.32. The van der Waals surface area contributed by atoms with Crippen molar-refractivity contribution in [2.45, 2.75) is 32.9 Å². The molecule has 0 amide bonds. The molecule has 7 nitrogen and oxygen atoms in total. The van der Waals surface area contributed by atoms with Crippen molar-refractivity contribution in [3.8, 4) is 11.4 Å². The molecular formula is C19H23N5O2. The van der Waals surface area contributed by atoms with E-state index in [1.807, 2.05) is 23.7 Å². The second-order valence-corrected chi connectivity index (χ2v) is 6.82. The van der Waals surface area contributed by atoms with Gasteiger partial charge in [-0.3, -0.25) is 4.68 Å². The molecule has 1 fully saturated rings. The number of benzene rings is 1. The smallest absolute Gasteiger partial charge is 0.256 e. The van der Waals surface area contributed by atoms with Crippen molar-refractivity contribution in [2.24, 2.45) is 11.7 Å². The molecule has 0 bridgehead atoms. The van der Waals surface area contributed by atoms with Gasteiger partial charge in [-0.15, -0.1) is 0 Å². The highest BCUT2D eigenvalue weighted by Gasteiger charge is 2.33. The van der Waals surface area contributed by atoms with Crippen molar-refractivity contribution in [1.29, 1.82) is 0 Å². The van der Waals surface area contributed by atoms with Crippen molar-refractivity contribution in [3.05, 3.63) is 53.2 Å². The number of ether oxygens (including phenoxy) is 1. The zero-order valence-corrected chi connectivity index (χ0v) is 15.1. The maximum atomic E-state index is 5.81. The van der Waals surface area contributed by atoms with Crippen molar-refractivity contribution < 1.29 is 9.26 Å². The second-order valence-electron chi connectivity index (χ2n) is 6.82. The van der Waals surface area contributed by atoms with E-state index in [2.05, 4.69) is 40.4 Å². The van der Waals surface area contributed by atoms with Gasteiger partial charge in [0.1, 0.15) is 6.10 Å². The first kappa shape index (κ1) is 16.9. The molecule has 7 heteroatoms. The Morgan fingerprint density at radius 3 is 2.92 bits per heavy atom. The predicted molar refractivity (Wildman–Crippen MR) is 96.4 cm³/mol. The summed E-state index contributed by atoms with van der Waals surface area (Å²) in [4.78, 5) is 4.55.